The minimum absolute atomic E-state index is 0.804. The number of aromatic nitrogens is 1. The molecule has 0 atom stereocenters. The van der Waals surface area contributed by atoms with Crippen LogP contribution in [0.1, 0.15) is 44.6 Å². The lowest BCUT2D eigenvalue weighted by Crippen LogP contribution is -2.04. The van der Waals surface area contributed by atoms with Crippen LogP contribution in [0.5, 0.6) is 11.5 Å². The molecule has 1 fully saturated rings. The lowest BCUT2D eigenvalue weighted by molar-refractivity contribution is 0.279. The Hall–Kier alpha value is -2.85. The minimum Gasteiger partial charge on any atom is -0.497 e. The molecule has 0 amide bonds. The van der Waals surface area contributed by atoms with Crippen LogP contribution in [0, 0.1) is 5.92 Å². The summed E-state index contributed by atoms with van der Waals surface area (Å²) in [5, 5.41) is 1.20. The lowest BCUT2D eigenvalue weighted by Gasteiger charge is -2.15. The van der Waals surface area contributed by atoms with Crippen LogP contribution in [-0.4, -0.2) is 24.0 Å². The van der Waals surface area contributed by atoms with E-state index in [0.29, 0.717) is 0 Å². The normalized spacial score (nSPS) is 14.0. The van der Waals surface area contributed by atoms with Crippen molar-refractivity contribution in [3.05, 3.63) is 78.4 Å². The first-order valence-electron chi connectivity index (χ1n) is 12.9. The summed E-state index contributed by atoms with van der Waals surface area (Å²) >= 11 is 1.89. The molecule has 1 heterocycles. The first-order valence-corrected chi connectivity index (χ1v) is 13.8. The Morgan fingerprint density at radius 1 is 0.914 bits per heavy atom. The number of hydrogen-bond donors (Lipinski definition) is 0. The van der Waals surface area contributed by atoms with E-state index in [1.54, 1.807) is 7.11 Å². The number of hydrogen-bond acceptors (Lipinski definition) is 3. The molecular weight excluding hydrogens is 450 g/mol. The molecule has 0 N–H and O–H groups in total. The molecule has 0 unspecified atom stereocenters. The molecule has 0 radical (unpaired) electrons. The predicted molar refractivity (Wildman–Crippen MR) is 148 cm³/mol. The maximum Gasteiger partial charge on any atom is 0.119 e. The van der Waals surface area contributed by atoms with Crippen LogP contribution >= 0.6 is 11.8 Å². The van der Waals surface area contributed by atoms with Crippen LogP contribution in [0.25, 0.3) is 22.2 Å². The van der Waals surface area contributed by atoms with Gasteiger partial charge in [-0.1, -0.05) is 62.9 Å². The van der Waals surface area contributed by atoms with E-state index in [1.807, 2.05) is 11.8 Å². The molecule has 35 heavy (non-hydrogen) atoms. The standard InChI is InChI=1S/C31H35NO2S/c1-3-35-31-11-7-6-10-28(31)30-21-25-20-27(33-2)16-17-29(25)32(30)22-24-12-14-26(15-13-24)34-19-18-23-8-4-5-9-23/h6-7,10-17,20-21,23H,3-5,8-9,18-19,22H2,1-2H3. The maximum absolute atomic E-state index is 6.07. The summed E-state index contributed by atoms with van der Waals surface area (Å²) in [6, 6.07) is 26.0. The van der Waals surface area contributed by atoms with Gasteiger partial charge < -0.3 is 14.0 Å². The van der Waals surface area contributed by atoms with Gasteiger partial charge in [0.2, 0.25) is 0 Å². The van der Waals surface area contributed by atoms with Crippen molar-refractivity contribution in [3.8, 4) is 22.8 Å². The highest BCUT2D eigenvalue weighted by Gasteiger charge is 2.16. The number of benzene rings is 3. The third kappa shape index (κ3) is 5.54. The average molecular weight is 486 g/mol. The topological polar surface area (TPSA) is 23.4 Å². The van der Waals surface area contributed by atoms with Gasteiger partial charge in [-0.15, -0.1) is 11.8 Å². The second kappa shape index (κ2) is 11.3. The first-order chi connectivity index (χ1) is 17.2. The largest absolute Gasteiger partial charge is 0.497 e. The van der Waals surface area contributed by atoms with E-state index in [-0.39, 0.29) is 0 Å². The molecule has 0 spiro atoms. The van der Waals surface area contributed by atoms with Gasteiger partial charge in [0.25, 0.3) is 0 Å². The van der Waals surface area contributed by atoms with Crippen LogP contribution in [-0.2, 0) is 6.54 Å². The van der Waals surface area contributed by atoms with Crippen LogP contribution in [0.4, 0.5) is 0 Å². The predicted octanol–water partition coefficient (Wildman–Crippen LogP) is 8.44. The highest BCUT2D eigenvalue weighted by atomic mass is 32.2. The van der Waals surface area contributed by atoms with Gasteiger partial charge in [-0.25, -0.2) is 0 Å². The third-order valence-corrected chi connectivity index (χ3v) is 8.06. The molecule has 1 aliphatic rings. The Morgan fingerprint density at radius 2 is 1.69 bits per heavy atom. The summed E-state index contributed by atoms with van der Waals surface area (Å²) in [6.45, 7) is 3.84. The zero-order valence-corrected chi connectivity index (χ0v) is 21.7. The number of methoxy groups -OCH3 is 1. The van der Waals surface area contributed by atoms with E-state index in [1.165, 1.54) is 64.7 Å². The van der Waals surface area contributed by atoms with Crippen molar-refractivity contribution in [2.75, 3.05) is 19.5 Å². The average Bonchev–Trinajstić information content (AvgIpc) is 3.53. The van der Waals surface area contributed by atoms with Gasteiger partial charge >= 0.3 is 0 Å². The summed E-state index contributed by atoms with van der Waals surface area (Å²) in [5.41, 5.74) is 5.00. The zero-order valence-electron chi connectivity index (χ0n) is 20.8. The number of nitrogens with zero attached hydrogens (tertiary/aromatic N) is 1. The van der Waals surface area contributed by atoms with Crippen LogP contribution in [0.15, 0.2) is 77.7 Å². The van der Waals surface area contributed by atoms with Crippen molar-refractivity contribution in [1.82, 2.24) is 4.57 Å². The summed E-state index contributed by atoms with van der Waals surface area (Å²) in [5.74, 6) is 3.77. The summed E-state index contributed by atoms with van der Waals surface area (Å²) in [4.78, 5) is 1.32. The SMILES string of the molecule is CCSc1ccccc1-c1cc2cc(OC)ccc2n1Cc1ccc(OCCC2CCCC2)cc1. The number of ether oxygens (including phenoxy) is 2. The maximum atomic E-state index is 6.07. The monoisotopic (exact) mass is 485 g/mol. The zero-order chi connectivity index (χ0) is 24.0. The van der Waals surface area contributed by atoms with Gasteiger partial charge in [0, 0.05) is 27.9 Å². The molecule has 0 aliphatic heterocycles. The molecule has 0 bridgehead atoms. The Morgan fingerprint density at radius 3 is 2.46 bits per heavy atom. The number of fused-ring (bicyclic) bond motifs is 1. The third-order valence-electron chi connectivity index (χ3n) is 7.10. The highest BCUT2D eigenvalue weighted by molar-refractivity contribution is 7.99. The number of thioether (sulfide) groups is 1. The Balaban J connectivity index is 1.41. The van der Waals surface area contributed by atoms with Gasteiger partial charge in [0.05, 0.1) is 19.4 Å². The lowest BCUT2D eigenvalue weighted by atomic mass is 10.1. The number of rotatable bonds is 10. The summed E-state index contributed by atoms with van der Waals surface area (Å²) < 4.78 is 14.0. The Labute approximate surface area is 213 Å². The van der Waals surface area contributed by atoms with E-state index >= 15 is 0 Å². The fourth-order valence-electron chi connectivity index (χ4n) is 5.25. The van der Waals surface area contributed by atoms with Crippen molar-refractivity contribution in [3.63, 3.8) is 0 Å². The van der Waals surface area contributed by atoms with Gasteiger partial charge in [0.1, 0.15) is 11.5 Å². The first kappa shape index (κ1) is 23.9. The summed E-state index contributed by atoms with van der Waals surface area (Å²) in [7, 11) is 1.73. The van der Waals surface area contributed by atoms with Crippen LogP contribution in [0.2, 0.25) is 0 Å². The van der Waals surface area contributed by atoms with E-state index in [2.05, 4.69) is 84.3 Å². The van der Waals surface area contributed by atoms with Crippen LogP contribution in [0.3, 0.4) is 0 Å². The van der Waals surface area contributed by atoms with Crippen molar-refractivity contribution in [2.24, 2.45) is 5.92 Å². The van der Waals surface area contributed by atoms with E-state index in [4.69, 9.17) is 9.47 Å². The quantitative estimate of drug-likeness (QED) is 0.211. The van der Waals surface area contributed by atoms with Gasteiger partial charge in [0.15, 0.2) is 0 Å². The minimum atomic E-state index is 0.804. The van der Waals surface area contributed by atoms with E-state index in [0.717, 1.165) is 36.3 Å². The second-order valence-corrected chi connectivity index (χ2v) is 10.7. The highest BCUT2D eigenvalue weighted by Crippen LogP contribution is 2.36. The van der Waals surface area contributed by atoms with E-state index in [9.17, 15) is 0 Å². The fourth-order valence-corrected chi connectivity index (χ4v) is 6.06. The molecule has 4 aromatic rings. The van der Waals surface area contributed by atoms with Crippen molar-refractivity contribution in [1.29, 1.82) is 0 Å². The molecule has 4 heteroatoms. The fraction of sp³-hybridized carbons (Fsp3) is 0.355. The molecule has 1 aliphatic carbocycles. The van der Waals surface area contributed by atoms with Crippen LogP contribution < -0.4 is 9.47 Å². The van der Waals surface area contributed by atoms with Gasteiger partial charge in [-0.3, -0.25) is 0 Å². The summed E-state index contributed by atoms with van der Waals surface area (Å²) in [6.07, 6.45) is 6.72. The molecule has 1 aromatic heterocycles. The molecule has 3 aromatic carbocycles. The molecule has 3 nitrogen and oxygen atoms in total. The molecular formula is C31H35NO2S. The Bertz CT molecular complexity index is 1250. The van der Waals surface area contributed by atoms with Crippen molar-refractivity contribution >= 4 is 22.7 Å². The molecule has 1 saturated carbocycles. The molecule has 5 rings (SSSR count). The molecule has 0 saturated heterocycles. The van der Waals surface area contributed by atoms with Gasteiger partial charge in [-0.05, 0) is 66.1 Å². The van der Waals surface area contributed by atoms with E-state index < -0.39 is 0 Å². The Kier molecular flexibility index (Phi) is 7.68. The smallest absolute Gasteiger partial charge is 0.119 e. The second-order valence-electron chi connectivity index (χ2n) is 9.40. The molecule has 182 valence electrons. The van der Waals surface area contributed by atoms with Crippen molar-refractivity contribution < 1.29 is 9.47 Å². The van der Waals surface area contributed by atoms with Crippen molar-refractivity contribution in [2.45, 2.75) is 50.5 Å². The van der Waals surface area contributed by atoms with Gasteiger partial charge in [-0.2, -0.15) is 0 Å².